The van der Waals surface area contributed by atoms with Crippen LogP contribution < -0.4 is 4.72 Å². The molecule has 1 radical (unpaired) electrons. The maximum Gasteiger partial charge on any atom is 0.264 e. The smallest absolute Gasteiger partial charge is 0.264 e. The van der Waals surface area contributed by atoms with E-state index in [-0.39, 0.29) is 0 Å². The molecule has 13 heavy (non-hydrogen) atoms. The van der Waals surface area contributed by atoms with Gasteiger partial charge in [0.05, 0.1) is 6.26 Å². The van der Waals surface area contributed by atoms with Gasteiger partial charge in [0.1, 0.15) is 0 Å². The number of benzene rings is 1. The number of hydrogen-bond donors (Lipinski definition) is 1. The summed E-state index contributed by atoms with van der Waals surface area (Å²) in [5, 5.41) is 0. The Morgan fingerprint density at radius 2 is 1.92 bits per heavy atom. The molecule has 0 aliphatic heterocycles. The van der Waals surface area contributed by atoms with Gasteiger partial charge in [0, 0.05) is 5.56 Å². The van der Waals surface area contributed by atoms with Crippen molar-refractivity contribution in [1.82, 2.24) is 4.72 Å². The van der Waals surface area contributed by atoms with Crippen LogP contribution in [0.1, 0.15) is 10.4 Å². The van der Waals surface area contributed by atoms with Crippen LogP contribution in [0.3, 0.4) is 0 Å². The van der Waals surface area contributed by atoms with E-state index >= 15 is 0 Å². The Kier molecular flexibility index (Phi) is 2.67. The fourth-order valence-electron chi connectivity index (χ4n) is 0.766. The van der Waals surface area contributed by atoms with Crippen LogP contribution in [-0.2, 0) is 10.0 Å². The molecule has 0 spiro atoms. The van der Waals surface area contributed by atoms with Crippen LogP contribution in [0.2, 0.25) is 0 Å². The van der Waals surface area contributed by atoms with Crippen LogP contribution in [0.5, 0.6) is 0 Å². The van der Waals surface area contributed by atoms with Crippen molar-refractivity contribution in [3.05, 3.63) is 35.9 Å². The van der Waals surface area contributed by atoms with Crippen molar-refractivity contribution < 1.29 is 13.2 Å². The first kappa shape index (κ1) is 9.73. The van der Waals surface area contributed by atoms with Gasteiger partial charge in [-0.15, -0.1) is 0 Å². The number of carbonyl (C=O) groups is 1. The Morgan fingerprint density at radius 3 is 2.38 bits per heavy atom. The zero-order valence-corrected chi connectivity index (χ0v) is 7.76. The van der Waals surface area contributed by atoms with E-state index in [0.717, 1.165) is 6.26 Å². The van der Waals surface area contributed by atoms with Gasteiger partial charge in [-0.05, 0) is 18.2 Å². The minimum atomic E-state index is -3.48. The summed E-state index contributed by atoms with van der Waals surface area (Å²) in [5.41, 5.74) is 0.296. The van der Waals surface area contributed by atoms with Crippen molar-refractivity contribution in [3.8, 4) is 0 Å². The van der Waals surface area contributed by atoms with Crippen LogP contribution in [0, 0.1) is 6.07 Å². The van der Waals surface area contributed by atoms with Crippen LogP contribution in [0.15, 0.2) is 24.3 Å². The SMILES string of the molecule is CS(=O)(=O)NC(=O)c1cc[c]cc1. The van der Waals surface area contributed by atoms with Gasteiger partial charge in [-0.3, -0.25) is 4.79 Å². The lowest BCUT2D eigenvalue weighted by Crippen LogP contribution is -2.29. The van der Waals surface area contributed by atoms with Gasteiger partial charge in [-0.25, -0.2) is 13.1 Å². The van der Waals surface area contributed by atoms with Gasteiger partial charge in [0.2, 0.25) is 10.0 Å². The Hall–Kier alpha value is -1.36. The van der Waals surface area contributed by atoms with Gasteiger partial charge < -0.3 is 0 Å². The molecule has 0 heterocycles. The Labute approximate surface area is 76.6 Å². The third-order valence-electron chi connectivity index (χ3n) is 1.26. The first-order chi connectivity index (χ1) is 5.99. The van der Waals surface area contributed by atoms with E-state index < -0.39 is 15.9 Å². The zero-order chi connectivity index (χ0) is 9.90. The second-order valence-corrected chi connectivity index (χ2v) is 4.24. The number of sulfonamides is 1. The van der Waals surface area contributed by atoms with E-state index in [0.29, 0.717) is 5.56 Å². The molecular weight excluding hydrogens is 190 g/mol. The van der Waals surface area contributed by atoms with Crippen LogP contribution in [-0.4, -0.2) is 20.6 Å². The van der Waals surface area contributed by atoms with E-state index in [1.807, 2.05) is 4.72 Å². The van der Waals surface area contributed by atoms with Gasteiger partial charge in [0.15, 0.2) is 0 Å². The van der Waals surface area contributed by atoms with Crippen LogP contribution >= 0.6 is 0 Å². The summed E-state index contributed by atoms with van der Waals surface area (Å²) in [5.74, 6) is -0.628. The predicted molar refractivity (Wildman–Crippen MR) is 47.6 cm³/mol. The van der Waals surface area contributed by atoms with E-state index in [4.69, 9.17) is 0 Å². The molecule has 0 fully saturated rings. The highest BCUT2D eigenvalue weighted by atomic mass is 32.2. The summed E-state index contributed by atoms with van der Waals surface area (Å²) in [7, 11) is -3.48. The summed E-state index contributed by atoms with van der Waals surface area (Å²) in [4.78, 5) is 11.2. The van der Waals surface area contributed by atoms with Gasteiger partial charge in [0.25, 0.3) is 5.91 Å². The molecule has 4 nitrogen and oxygen atoms in total. The topological polar surface area (TPSA) is 63.2 Å². The first-order valence-corrected chi connectivity index (χ1v) is 5.36. The minimum Gasteiger partial charge on any atom is -0.268 e. The number of rotatable bonds is 2. The van der Waals surface area contributed by atoms with Gasteiger partial charge in [-0.2, -0.15) is 0 Å². The summed E-state index contributed by atoms with van der Waals surface area (Å²) in [6.45, 7) is 0. The van der Waals surface area contributed by atoms with Gasteiger partial charge >= 0.3 is 0 Å². The molecule has 0 unspecified atom stereocenters. The molecule has 1 aromatic carbocycles. The molecule has 0 saturated carbocycles. The van der Waals surface area contributed by atoms with Crippen molar-refractivity contribution in [2.45, 2.75) is 0 Å². The van der Waals surface area contributed by atoms with Crippen molar-refractivity contribution in [2.75, 3.05) is 6.26 Å². The van der Waals surface area contributed by atoms with E-state index in [1.54, 1.807) is 0 Å². The Balaban J connectivity index is 2.82. The Morgan fingerprint density at radius 1 is 1.38 bits per heavy atom. The summed E-state index contributed by atoms with van der Waals surface area (Å²) in [6, 6.07) is 8.77. The number of carbonyl (C=O) groups excluding carboxylic acids is 1. The maximum atomic E-state index is 11.2. The standard InChI is InChI=1S/C8H8NO3S/c1-13(11,12)9-8(10)7-5-3-2-4-6-7/h3-6H,1H3,(H,9,10). The highest BCUT2D eigenvalue weighted by molar-refractivity contribution is 7.89. The highest BCUT2D eigenvalue weighted by Crippen LogP contribution is 1.97. The molecular formula is C8H8NO3S. The first-order valence-electron chi connectivity index (χ1n) is 3.47. The summed E-state index contributed by atoms with van der Waals surface area (Å²) >= 11 is 0. The van der Waals surface area contributed by atoms with Crippen molar-refractivity contribution in [3.63, 3.8) is 0 Å². The molecule has 1 aromatic rings. The number of amides is 1. The van der Waals surface area contributed by atoms with E-state index in [9.17, 15) is 13.2 Å². The molecule has 0 aromatic heterocycles. The molecule has 1 N–H and O–H groups in total. The molecule has 0 atom stereocenters. The second kappa shape index (κ2) is 3.57. The lowest BCUT2D eigenvalue weighted by atomic mass is 10.2. The third kappa shape index (κ3) is 3.25. The predicted octanol–water partition coefficient (Wildman–Crippen LogP) is 0.176. The van der Waals surface area contributed by atoms with E-state index in [2.05, 4.69) is 6.07 Å². The summed E-state index contributed by atoms with van der Waals surface area (Å²) in [6.07, 6.45) is 0.931. The Bertz CT molecular complexity index is 397. The third-order valence-corrected chi connectivity index (χ3v) is 1.81. The molecule has 0 bridgehead atoms. The lowest BCUT2D eigenvalue weighted by molar-refractivity contribution is 0.0981. The molecule has 5 heteroatoms. The largest absolute Gasteiger partial charge is 0.268 e. The molecule has 69 valence electrons. The highest BCUT2D eigenvalue weighted by Gasteiger charge is 2.09. The minimum absolute atomic E-state index is 0.296. The maximum absolute atomic E-state index is 11.2. The zero-order valence-electron chi connectivity index (χ0n) is 6.94. The normalized spacial score (nSPS) is 10.8. The average Bonchev–Trinajstić information content (AvgIpc) is 2.03. The lowest BCUT2D eigenvalue weighted by Gasteiger charge is -2.00. The van der Waals surface area contributed by atoms with Crippen LogP contribution in [0.25, 0.3) is 0 Å². The average molecular weight is 198 g/mol. The molecule has 1 rings (SSSR count). The fraction of sp³-hybridized carbons (Fsp3) is 0.125. The van der Waals surface area contributed by atoms with Crippen molar-refractivity contribution in [2.24, 2.45) is 0 Å². The molecule has 0 aliphatic carbocycles. The number of hydrogen-bond acceptors (Lipinski definition) is 3. The monoisotopic (exact) mass is 198 g/mol. The quantitative estimate of drug-likeness (QED) is 0.737. The molecule has 1 amide bonds. The van der Waals surface area contributed by atoms with Crippen LogP contribution in [0.4, 0.5) is 0 Å². The van der Waals surface area contributed by atoms with Crippen molar-refractivity contribution in [1.29, 1.82) is 0 Å². The molecule has 0 aliphatic rings. The van der Waals surface area contributed by atoms with Gasteiger partial charge in [-0.1, -0.05) is 12.1 Å². The van der Waals surface area contributed by atoms with Crippen molar-refractivity contribution >= 4 is 15.9 Å². The number of nitrogens with one attached hydrogen (secondary N) is 1. The van der Waals surface area contributed by atoms with E-state index in [1.165, 1.54) is 24.3 Å². The summed E-state index contributed by atoms with van der Waals surface area (Å²) < 4.78 is 23.2. The fourth-order valence-corrected chi connectivity index (χ4v) is 1.22. The second-order valence-electron chi connectivity index (χ2n) is 2.49. The molecule has 0 saturated heterocycles.